The van der Waals surface area contributed by atoms with Crippen molar-refractivity contribution in [1.82, 2.24) is 4.90 Å². The first-order valence-electron chi connectivity index (χ1n) is 5.33. The lowest BCUT2D eigenvalue weighted by Gasteiger charge is -2.18. The van der Waals surface area contributed by atoms with Gasteiger partial charge in [0.25, 0.3) is 0 Å². The van der Waals surface area contributed by atoms with Gasteiger partial charge in [0.2, 0.25) is 11.8 Å². The Hall–Kier alpha value is -1.88. The summed E-state index contributed by atoms with van der Waals surface area (Å²) in [5.74, 6) is -0.855. The standard InChI is InChI=1S/C12H17N3O2/c1-15(8-9-5-3-2-4-6-9)11(16)7-10(13)12(14)17/h2-6,10H,7-8,13H2,1H3,(H2,14,17)/t10-/m0/s1. The Balaban J connectivity index is 2.50. The van der Waals surface area contributed by atoms with E-state index in [-0.39, 0.29) is 12.3 Å². The fraction of sp³-hybridized carbons (Fsp3) is 0.333. The molecular formula is C12H17N3O2. The molecule has 0 radical (unpaired) electrons. The van der Waals surface area contributed by atoms with Crippen LogP contribution >= 0.6 is 0 Å². The molecule has 0 unspecified atom stereocenters. The third kappa shape index (κ3) is 4.24. The predicted octanol–water partition coefficient (Wildman–Crippen LogP) is -0.152. The van der Waals surface area contributed by atoms with Crippen LogP contribution in [0, 0.1) is 0 Å². The monoisotopic (exact) mass is 235 g/mol. The summed E-state index contributed by atoms with van der Waals surface area (Å²) >= 11 is 0. The Morgan fingerprint density at radius 2 is 1.88 bits per heavy atom. The van der Waals surface area contributed by atoms with Crippen LogP contribution in [-0.2, 0) is 16.1 Å². The second-order valence-corrected chi connectivity index (χ2v) is 3.95. The molecule has 1 aromatic carbocycles. The smallest absolute Gasteiger partial charge is 0.234 e. The highest BCUT2D eigenvalue weighted by Crippen LogP contribution is 2.04. The number of carbonyl (C=O) groups is 2. The lowest BCUT2D eigenvalue weighted by molar-refractivity contribution is -0.133. The molecule has 5 heteroatoms. The summed E-state index contributed by atoms with van der Waals surface area (Å²) in [4.78, 5) is 24.0. The van der Waals surface area contributed by atoms with E-state index in [0.29, 0.717) is 6.54 Å². The van der Waals surface area contributed by atoms with Crippen LogP contribution in [0.5, 0.6) is 0 Å². The van der Waals surface area contributed by atoms with E-state index in [0.717, 1.165) is 5.56 Å². The summed E-state index contributed by atoms with van der Waals surface area (Å²) in [6, 6.07) is 8.66. The first kappa shape index (κ1) is 13.2. The van der Waals surface area contributed by atoms with E-state index in [1.807, 2.05) is 30.3 Å². The first-order chi connectivity index (χ1) is 8.00. The van der Waals surface area contributed by atoms with Crippen LogP contribution < -0.4 is 11.5 Å². The van der Waals surface area contributed by atoms with Gasteiger partial charge in [-0.2, -0.15) is 0 Å². The third-order valence-corrected chi connectivity index (χ3v) is 2.45. The highest BCUT2D eigenvalue weighted by Gasteiger charge is 2.17. The van der Waals surface area contributed by atoms with Crippen LogP contribution in [0.1, 0.15) is 12.0 Å². The van der Waals surface area contributed by atoms with E-state index in [4.69, 9.17) is 11.5 Å². The van der Waals surface area contributed by atoms with Gasteiger partial charge in [-0.3, -0.25) is 9.59 Å². The van der Waals surface area contributed by atoms with Gasteiger partial charge in [0, 0.05) is 13.6 Å². The van der Waals surface area contributed by atoms with Crippen molar-refractivity contribution in [2.75, 3.05) is 7.05 Å². The molecule has 1 rings (SSSR count). The van der Waals surface area contributed by atoms with Crippen LogP contribution in [0.4, 0.5) is 0 Å². The second-order valence-electron chi connectivity index (χ2n) is 3.95. The molecule has 0 aliphatic heterocycles. The molecule has 0 saturated carbocycles. The zero-order valence-electron chi connectivity index (χ0n) is 9.80. The lowest BCUT2D eigenvalue weighted by atomic mass is 10.1. The van der Waals surface area contributed by atoms with Crippen LogP contribution in [0.2, 0.25) is 0 Å². The molecule has 0 bridgehead atoms. The largest absolute Gasteiger partial charge is 0.368 e. The normalized spacial score (nSPS) is 11.9. The van der Waals surface area contributed by atoms with Crippen molar-refractivity contribution >= 4 is 11.8 Å². The van der Waals surface area contributed by atoms with Gasteiger partial charge in [0.1, 0.15) is 0 Å². The van der Waals surface area contributed by atoms with Crippen LogP contribution in [0.25, 0.3) is 0 Å². The van der Waals surface area contributed by atoms with E-state index in [9.17, 15) is 9.59 Å². The highest BCUT2D eigenvalue weighted by molar-refractivity contribution is 5.87. The van der Waals surface area contributed by atoms with Crippen molar-refractivity contribution in [2.45, 2.75) is 19.0 Å². The zero-order chi connectivity index (χ0) is 12.8. The molecule has 92 valence electrons. The summed E-state index contributed by atoms with van der Waals surface area (Å²) in [6.45, 7) is 0.491. The molecule has 0 aromatic heterocycles. The predicted molar refractivity (Wildman–Crippen MR) is 64.7 cm³/mol. The molecule has 5 nitrogen and oxygen atoms in total. The minimum absolute atomic E-state index is 0.0569. The molecule has 0 saturated heterocycles. The fourth-order valence-electron chi connectivity index (χ4n) is 1.39. The molecule has 0 aliphatic carbocycles. The van der Waals surface area contributed by atoms with Gasteiger partial charge in [0.15, 0.2) is 0 Å². The van der Waals surface area contributed by atoms with Gasteiger partial charge in [-0.05, 0) is 5.56 Å². The van der Waals surface area contributed by atoms with Crippen LogP contribution in [0.15, 0.2) is 30.3 Å². The molecule has 0 aliphatic rings. The molecule has 0 heterocycles. The molecule has 2 amide bonds. The Morgan fingerprint density at radius 3 is 2.41 bits per heavy atom. The van der Waals surface area contributed by atoms with E-state index in [1.54, 1.807) is 7.05 Å². The number of nitrogens with two attached hydrogens (primary N) is 2. The Bertz CT molecular complexity index is 392. The summed E-state index contributed by atoms with van der Waals surface area (Å²) in [5.41, 5.74) is 11.5. The average Bonchev–Trinajstić information content (AvgIpc) is 2.29. The van der Waals surface area contributed by atoms with Gasteiger partial charge < -0.3 is 16.4 Å². The van der Waals surface area contributed by atoms with Gasteiger partial charge in [-0.1, -0.05) is 30.3 Å². The maximum Gasteiger partial charge on any atom is 0.234 e. The summed E-state index contributed by atoms with van der Waals surface area (Å²) in [7, 11) is 1.67. The number of rotatable bonds is 5. The van der Waals surface area contributed by atoms with Crippen molar-refractivity contribution in [1.29, 1.82) is 0 Å². The molecule has 4 N–H and O–H groups in total. The van der Waals surface area contributed by atoms with Crippen LogP contribution in [-0.4, -0.2) is 29.8 Å². The quantitative estimate of drug-likeness (QED) is 0.743. The van der Waals surface area contributed by atoms with E-state index < -0.39 is 11.9 Å². The van der Waals surface area contributed by atoms with Crippen molar-refractivity contribution < 1.29 is 9.59 Å². The molecule has 0 fully saturated rings. The van der Waals surface area contributed by atoms with Crippen molar-refractivity contribution in [3.63, 3.8) is 0 Å². The Labute approximate surface area is 100 Å². The fourth-order valence-corrected chi connectivity index (χ4v) is 1.39. The Morgan fingerprint density at radius 1 is 1.29 bits per heavy atom. The summed E-state index contributed by atoms with van der Waals surface area (Å²) in [6.07, 6.45) is -0.0569. The number of benzene rings is 1. The number of carbonyl (C=O) groups excluding carboxylic acids is 2. The first-order valence-corrected chi connectivity index (χ1v) is 5.33. The molecule has 0 spiro atoms. The van der Waals surface area contributed by atoms with Crippen LogP contribution in [0.3, 0.4) is 0 Å². The summed E-state index contributed by atoms with van der Waals surface area (Å²) in [5, 5.41) is 0. The number of hydrogen-bond donors (Lipinski definition) is 2. The van der Waals surface area contributed by atoms with Gasteiger partial charge in [0.05, 0.1) is 12.5 Å². The molecule has 1 aromatic rings. The maximum atomic E-state index is 11.7. The summed E-state index contributed by atoms with van der Waals surface area (Å²) < 4.78 is 0. The molecular weight excluding hydrogens is 218 g/mol. The third-order valence-electron chi connectivity index (χ3n) is 2.45. The maximum absolute atomic E-state index is 11.7. The van der Waals surface area contributed by atoms with Gasteiger partial charge in [-0.15, -0.1) is 0 Å². The number of amides is 2. The van der Waals surface area contributed by atoms with Crippen molar-refractivity contribution in [2.24, 2.45) is 11.5 Å². The van der Waals surface area contributed by atoms with Gasteiger partial charge >= 0.3 is 0 Å². The zero-order valence-corrected chi connectivity index (χ0v) is 9.80. The minimum atomic E-state index is -0.916. The number of hydrogen-bond acceptors (Lipinski definition) is 3. The minimum Gasteiger partial charge on any atom is -0.368 e. The van der Waals surface area contributed by atoms with Crippen molar-refractivity contribution in [3.05, 3.63) is 35.9 Å². The van der Waals surface area contributed by atoms with Gasteiger partial charge in [-0.25, -0.2) is 0 Å². The van der Waals surface area contributed by atoms with E-state index >= 15 is 0 Å². The number of primary amides is 1. The SMILES string of the molecule is CN(Cc1ccccc1)C(=O)C[C@H](N)C(N)=O. The lowest BCUT2D eigenvalue weighted by Crippen LogP contribution is -2.41. The Kier molecular flexibility index (Phi) is 4.66. The van der Waals surface area contributed by atoms with Crippen molar-refractivity contribution in [3.8, 4) is 0 Å². The molecule has 17 heavy (non-hydrogen) atoms. The highest BCUT2D eigenvalue weighted by atomic mass is 16.2. The average molecular weight is 235 g/mol. The van der Waals surface area contributed by atoms with E-state index in [2.05, 4.69) is 0 Å². The molecule has 1 atom stereocenters. The second kappa shape index (κ2) is 6.00. The topological polar surface area (TPSA) is 89.4 Å². The van der Waals surface area contributed by atoms with E-state index in [1.165, 1.54) is 4.90 Å². The number of nitrogens with zero attached hydrogens (tertiary/aromatic N) is 1.